The number of hydrogen-bond donors (Lipinski definition) is 1. The lowest BCUT2D eigenvalue weighted by molar-refractivity contribution is 0.202. The molecule has 0 saturated carbocycles. The summed E-state index contributed by atoms with van der Waals surface area (Å²) in [6.45, 7) is 7.93. The Bertz CT molecular complexity index is 442. The lowest BCUT2D eigenvalue weighted by Gasteiger charge is -2.43. The van der Waals surface area contributed by atoms with Crippen LogP contribution in [0.15, 0.2) is 18.3 Å². The highest BCUT2D eigenvalue weighted by molar-refractivity contribution is 5.42. The van der Waals surface area contributed by atoms with Gasteiger partial charge in [-0.15, -0.1) is 0 Å². The molecule has 0 spiro atoms. The molecule has 3 unspecified atom stereocenters. The smallest absolute Gasteiger partial charge is 0.128 e. The first-order valence-corrected chi connectivity index (χ1v) is 7.84. The van der Waals surface area contributed by atoms with Gasteiger partial charge in [-0.05, 0) is 51.3 Å². The Morgan fingerprint density at radius 1 is 1.40 bits per heavy atom. The molecule has 2 saturated heterocycles. The van der Waals surface area contributed by atoms with E-state index in [1.807, 2.05) is 13.1 Å². The van der Waals surface area contributed by atoms with Crippen molar-refractivity contribution in [3.63, 3.8) is 0 Å². The van der Waals surface area contributed by atoms with Crippen LogP contribution in [0.3, 0.4) is 0 Å². The second-order valence-electron chi connectivity index (χ2n) is 6.50. The summed E-state index contributed by atoms with van der Waals surface area (Å²) in [6, 6.07) is 5.83. The summed E-state index contributed by atoms with van der Waals surface area (Å²) in [4.78, 5) is 9.79. The van der Waals surface area contributed by atoms with Crippen molar-refractivity contribution in [2.45, 2.75) is 51.2 Å². The fraction of sp³-hybridized carbons (Fsp3) is 0.688. The maximum atomic E-state index is 5.84. The zero-order valence-electron chi connectivity index (χ0n) is 12.6. The highest BCUT2D eigenvalue weighted by Gasteiger charge is 2.34. The fourth-order valence-corrected chi connectivity index (χ4v) is 3.59. The van der Waals surface area contributed by atoms with Crippen molar-refractivity contribution in [1.29, 1.82) is 0 Å². The number of fused-ring (bicyclic) bond motifs is 1. The summed E-state index contributed by atoms with van der Waals surface area (Å²) in [6.07, 6.45) is 5.59. The number of anilines is 1. The largest absolute Gasteiger partial charge is 0.351 e. The third-order valence-corrected chi connectivity index (χ3v) is 4.60. The molecule has 0 aliphatic carbocycles. The molecule has 0 bridgehead atoms. The topological polar surface area (TPSA) is 45.4 Å². The van der Waals surface area contributed by atoms with E-state index in [-0.39, 0.29) is 6.04 Å². The number of hydrogen-bond acceptors (Lipinski definition) is 4. The van der Waals surface area contributed by atoms with Gasteiger partial charge in [0.1, 0.15) is 5.82 Å². The van der Waals surface area contributed by atoms with Crippen LogP contribution in [-0.2, 0) is 6.42 Å². The fourth-order valence-electron chi connectivity index (χ4n) is 3.59. The maximum absolute atomic E-state index is 5.84. The van der Waals surface area contributed by atoms with Crippen LogP contribution in [0, 0.1) is 0 Å². The van der Waals surface area contributed by atoms with E-state index in [4.69, 9.17) is 5.73 Å². The average Bonchev–Trinajstić information content (AvgIpc) is 2.85. The summed E-state index contributed by atoms with van der Waals surface area (Å²) in [7, 11) is 0. The van der Waals surface area contributed by atoms with Gasteiger partial charge in [0, 0.05) is 37.4 Å². The Hall–Kier alpha value is -1.13. The molecule has 2 fully saturated rings. The van der Waals surface area contributed by atoms with E-state index < -0.39 is 0 Å². The molecule has 0 aromatic carbocycles. The molecule has 110 valence electrons. The van der Waals surface area contributed by atoms with E-state index in [0.717, 1.165) is 24.8 Å². The molecule has 1 aromatic heterocycles. The zero-order valence-corrected chi connectivity index (χ0v) is 12.6. The Labute approximate surface area is 122 Å². The van der Waals surface area contributed by atoms with Crippen LogP contribution in [0.4, 0.5) is 5.82 Å². The Morgan fingerprint density at radius 2 is 2.25 bits per heavy atom. The molecule has 0 radical (unpaired) electrons. The molecule has 4 nitrogen and oxygen atoms in total. The molecule has 3 atom stereocenters. The standard InChI is InChI=1S/C16H26N4/c1-12(17)8-14-5-6-16(18-9-14)20-11-15-4-3-7-19(15)10-13(20)2/h5-6,9,12-13,15H,3-4,7-8,10-11,17H2,1-2H3. The maximum Gasteiger partial charge on any atom is 0.128 e. The number of nitrogens with zero attached hydrogens (tertiary/aromatic N) is 3. The molecule has 3 rings (SSSR count). The Kier molecular flexibility index (Phi) is 3.94. The van der Waals surface area contributed by atoms with Crippen LogP contribution in [0.2, 0.25) is 0 Å². The van der Waals surface area contributed by atoms with Crippen molar-refractivity contribution in [3.8, 4) is 0 Å². The van der Waals surface area contributed by atoms with Gasteiger partial charge in [0.25, 0.3) is 0 Å². The van der Waals surface area contributed by atoms with Crippen molar-refractivity contribution in [2.24, 2.45) is 5.73 Å². The molecular weight excluding hydrogens is 248 g/mol. The molecule has 2 aliphatic rings. The second kappa shape index (κ2) is 5.70. The third-order valence-electron chi connectivity index (χ3n) is 4.60. The van der Waals surface area contributed by atoms with Crippen molar-refractivity contribution in [3.05, 3.63) is 23.9 Å². The van der Waals surface area contributed by atoms with Gasteiger partial charge >= 0.3 is 0 Å². The molecule has 0 amide bonds. The van der Waals surface area contributed by atoms with Gasteiger partial charge in [-0.25, -0.2) is 4.98 Å². The third kappa shape index (κ3) is 2.81. The van der Waals surface area contributed by atoms with E-state index in [1.54, 1.807) is 0 Å². The van der Waals surface area contributed by atoms with Crippen LogP contribution in [0.25, 0.3) is 0 Å². The minimum Gasteiger partial charge on any atom is -0.351 e. The lowest BCUT2D eigenvalue weighted by Crippen LogP contribution is -2.55. The van der Waals surface area contributed by atoms with E-state index in [2.05, 4.69) is 33.8 Å². The minimum atomic E-state index is 0.198. The van der Waals surface area contributed by atoms with Crippen LogP contribution in [0.1, 0.15) is 32.3 Å². The highest BCUT2D eigenvalue weighted by Crippen LogP contribution is 2.27. The van der Waals surface area contributed by atoms with Crippen molar-refractivity contribution in [1.82, 2.24) is 9.88 Å². The number of nitrogens with two attached hydrogens (primary N) is 1. The molecule has 2 N–H and O–H groups in total. The molecule has 2 aliphatic heterocycles. The molecule has 3 heterocycles. The summed E-state index contributed by atoms with van der Waals surface area (Å²) in [5.74, 6) is 1.12. The number of aromatic nitrogens is 1. The number of piperazine rings is 1. The van der Waals surface area contributed by atoms with Crippen LogP contribution in [0.5, 0.6) is 0 Å². The van der Waals surface area contributed by atoms with Crippen LogP contribution in [-0.4, -0.2) is 47.6 Å². The average molecular weight is 274 g/mol. The van der Waals surface area contributed by atoms with Gasteiger partial charge in [-0.3, -0.25) is 4.90 Å². The summed E-state index contributed by atoms with van der Waals surface area (Å²) >= 11 is 0. The van der Waals surface area contributed by atoms with Gasteiger partial charge in [-0.1, -0.05) is 6.07 Å². The van der Waals surface area contributed by atoms with Gasteiger partial charge in [0.05, 0.1) is 0 Å². The number of pyridine rings is 1. The van der Waals surface area contributed by atoms with E-state index >= 15 is 0 Å². The summed E-state index contributed by atoms with van der Waals surface area (Å²) in [5, 5.41) is 0. The lowest BCUT2D eigenvalue weighted by atomic mass is 10.1. The summed E-state index contributed by atoms with van der Waals surface area (Å²) < 4.78 is 0. The SMILES string of the molecule is CC(N)Cc1ccc(N2CC3CCCN3CC2C)nc1. The van der Waals surface area contributed by atoms with Gasteiger partial charge in [0.15, 0.2) is 0 Å². The zero-order chi connectivity index (χ0) is 14.1. The van der Waals surface area contributed by atoms with Gasteiger partial charge < -0.3 is 10.6 Å². The predicted octanol–water partition coefficient (Wildman–Crippen LogP) is 1.64. The monoisotopic (exact) mass is 274 g/mol. The summed E-state index contributed by atoms with van der Waals surface area (Å²) in [5.41, 5.74) is 7.07. The highest BCUT2D eigenvalue weighted by atomic mass is 15.3. The van der Waals surface area contributed by atoms with Crippen LogP contribution >= 0.6 is 0 Å². The minimum absolute atomic E-state index is 0.198. The predicted molar refractivity (Wildman–Crippen MR) is 83.0 cm³/mol. The first kappa shape index (κ1) is 13.8. The second-order valence-corrected chi connectivity index (χ2v) is 6.50. The first-order chi connectivity index (χ1) is 9.63. The van der Waals surface area contributed by atoms with E-state index in [1.165, 1.54) is 31.5 Å². The molecule has 1 aromatic rings. The van der Waals surface area contributed by atoms with Crippen molar-refractivity contribution in [2.75, 3.05) is 24.5 Å². The quantitative estimate of drug-likeness (QED) is 0.910. The molecule has 20 heavy (non-hydrogen) atoms. The normalized spacial score (nSPS) is 28.4. The first-order valence-electron chi connectivity index (χ1n) is 7.84. The Morgan fingerprint density at radius 3 is 2.95 bits per heavy atom. The molecular formula is C16H26N4. The van der Waals surface area contributed by atoms with Crippen molar-refractivity contribution < 1.29 is 0 Å². The van der Waals surface area contributed by atoms with Gasteiger partial charge in [0.2, 0.25) is 0 Å². The van der Waals surface area contributed by atoms with E-state index in [9.17, 15) is 0 Å². The Balaban J connectivity index is 1.71. The van der Waals surface area contributed by atoms with Crippen molar-refractivity contribution >= 4 is 5.82 Å². The van der Waals surface area contributed by atoms with E-state index in [0.29, 0.717) is 6.04 Å². The molecule has 4 heteroatoms. The number of rotatable bonds is 3. The van der Waals surface area contributed by atoms with Gasteiger partial charge in [-0.2, -0.15) is 0 Å². The van der Waals surface area contributed by atoms with Crippen LogP contribution < -0.4 is 10.6 Å².